The number of methoxy groups -OCH3 is 1. The summed E-state index contributed by atoms with van der Waals surface area (Å²) in [7, 11) is -0.370. The number of carbonyl (C=O) groups excluding carboxylic acids is 4. The van der Waals surface area contributed by atoms with Crippen LogP contribution in [0.15, 0.2) is 109 Å². The molecule has 256 valence electrons. The Balaban J connectivity index is 1.34. The molecule has 2 saturated heterocycles. The van der Waals surface area contributed by atoms with Gasteiger partial charge in [0.2, 0.25) is 23.6 Å². The molecule has 4 aliphatic rings. The molecule has 51 heavy (non-hydrogen) atoms. The molecule has 8 rings (SSSR count). The molecular weight excluding hydrogens is 671 g/mol. The fourth-order valence-corrected chi connectivity index (χ4v) is 9.26. The van der Waals surface area contributed by atoms with Gasteiger partial charge in [-0.2, -0.15) is 0 Å². The predicted octanol–water partition coefficient (Wildman–Crippen LogP) is 4.10. The zero-order valence-corrected chi connectivity index (χ0v) is 28.1. The van der Waals surface area contributed by atoms with E-state index in [0.29, 0.717) is 21.8 Å². The number of hydrogen-bond acceptors (Lipinski definition) is 8. The Morgan fingerprint density at radius 2 is 1.53 bits per heavy atom. The van der Waals surface area contributed by atoms with Gasteiger partial charge in [-0.3, -0.25) is 24.1 Å². The monoisotopic (exact) mass is 702 g/mol. The molecule has 2 heterocycles. The van der Waals surface area contributed by atoms with Crippen LogP contribution in [-0.2, 0) is 24.6 Å². The van der Waals surface area contributed by atoms with E-state index >= 15 is 4.79 Å². The minimum Gasteiger partial charge on any atom is -0.504 e. The van der Waals surface area contributed by atoms with Crippen LogP contribution in [0.1, 0.15) is 29.9 Å². The summed E-state index contributed by atoms with van der Waals surface area (Å²) in [6.45, 7) is 0. The summed E-state index contributed by atoms with van der Waals surface area (Å²) in [4.78, 5) is 61.0. The third kappa shape index (κ3) is 4.79. The number of anilines is 2. The molecule has 0 unspecified atom stereocenters. The van der Waals surface area contributed by atoms with Gasteiger partial charge in [0.25, 0.3) is 0 Å². The maximum Gasteiger partial charge on any atom is 0.488 e. The van der Waals surface area contributed by atoms with Gasteiger partial charge in [-0.1, -0.05) is 77.8 Å². The van der Waals surface area contributed by atoms with Crippen LogP contribution in [0.5, 0.6) is 11.5 Å². The van der Waals surface area contributed by atoms with Gasteiger partial charge in [0.15, 0.2) is 11.5 Å². The Bertz CT molecular complexity index is 2160. The quantitative estimate of drug-likeness (QED) is 0.155. The molecule has 4 amide bonds. The van der Waals surface area contributed by atoms with E-state index < -0.39 is 65.8 Å². The lowest BCUT2D eigenvalue weighted by molar-refractivity contribution is -0.127. The van der Waals surface area contributed by atoms with Crippen molar-refractivity contribution in [3.8, 4) is 11.5 Å². The summed E-state index contributed by atoms with van der Waals surface area (Å²) >= 11 is 6.38. The maximum absolute atomic E-state index is 15.3. The Morgan fingerprint density at radius 3 is 2.24 bits per heavy atom. The number of phenolic OH excluding ortho intramolecular Hbond substituents is 1. The third-order valence-electron chi connectivity index (χ3n) is 11.1. The number of rotatable bonds is 6. The van der Waals surface area contributed by atoms with Crippen molar-refractivity contribution in [1.29, 1.82) is 0 Å². The van der Waals surface area contributed by atoms with Crippen LogP contribution in [0.2, 0.25) is 5.02 Å². The molecule has 10 nitrogen and oxygen atoms in total. The summed E-state index contributed by atoms with van der Waals surface area (Å²) in [6, 6.07) is 26.6. The molecule has 2 aliphatic carbocycles. The van der Waals surface area contributed by atoms with E-state index in [2.05, 4.69) is 0 Å². The van der Waals surface area contributed by atoms with Crippen molar-refractivity contribution in [2.45, 2.75) is 24.2 Å². The first-order valence-electron chi connectivity index (χ1n) is 16.7. The summed E-state index contributed by atoms with van der Waals surface area (Å²) in [5.41, 5.74) is 1.16. The number of carbonyl (C=O) groups is 4. The highest BCUT2D eigenvalue weighted by atomic mass is 35.5. The van der Waals surface area contributed by atoms with Gasteiger partial charge < -0.3 is 19.9 Å². The molecule has 0 aromatic heterocycles. The largest absolute Gasteiger partial charge is 0.504 e. The second-order valence-corrected chi connectivity index (χ2v) is 13.9. The van der Waals surface area contributed by atoms with Crippen molar-refractivity contribution in [3.05, 3.63) is 125 Å². The van der Waals surface area contributed by atoms with Gasteiger partial charge in [-0.05, 0) is 77.8 Å². The number of aromatic hydroxyl groups is 1. The third-order valence-corrected chi connectivity index (χ3v) is 11.4. The highest BCUT2D eigenvalue weighted by molar-refractivity contribution is 6.58. The van der Waals surface area contributed by atoms with Crippen LogP contribution in [0.25, 0.3) is 0 Å². The van der Waals surface area contributed by atoms with E-state index in [-0.39, 0.29) is 35.5 Å². The van der Waals surface area contributed by atoms with Crippen molar-refractivity contribution in [2.75, 3.05) is 16.9 Å². The van der Waals surface area contributed by atoms with Crippen LogP contribution in [0.3, 0.4) is 0 Å². The number of imide groups is 2. The normalized spacial score (nSPS) is 26.8. The van der Waals surface area contributed by atoms with Crippen molar-refractivity contribution in [1.82, 2.24) is 0 Å². The van der Waals surface area contributed by atoms with Crippen molar-refractivity contribution >= 4 is 59.2 Å². The van der Waals surface area contributed by atoms with Crippen LogP contribution < -0.4 is 20.0 Å². The summed E-state index contributed by atoms with van der Waals surface area (Å²) in [6.07, 6.45) is 2.26. The molecule has 0 spiro atoms. The van der Waals surface area contributed by atoms with E-state index in [9.17, 15) is 29.5 Å². The highest BCUT2D eigenvalue weighted by Crippen LogP contribution is 2.64. The molecule has 2 aliphatic heterocycles. The van der Waals surface area contributed by atoms with Gasteiger partial charge in [-0.25, -0.2) is 4.90 Å². The Labute approximate surface area is 298 Å². The topological polar surface area (TPSA) is 145 Å². The van der Waals surface area contributed by atoms with Gasteiger partial charge in [0.05, 0.1) is 41.7 Å². The van der Waals surface area contributed by atoms with E-state index in [1.54, 1.807) is 48.5 Å². The molecule has 12 heteroatoms. The second kappa shape index (κ2) is 12.2. The molecular formula is C39H32BClN2O8. The van der Waals surface area contributed by atoms with E-state index in [4.69, 9.17) is 16.3 Å². The summed E-state index contributed by atoms with van der Waals surface area (Å²) in [5.74, 6) is -5.63. The molecule has 3 fully saturated rings. The molecule has 1 saturated carbocycles. The SMILES string of the molecule is COc1cc([C@H]2C3=CC[C@@H]4C(=O)N(c5cccc(B(O)O)c5)C(=O)[C@@H]4[C@@H]3C[C@H]3C(=O)N(c4cccc(Cl)c4)C(=O)[C@@]23c2ccccc2)ccc1O. The number of amides is 4. The lowest BCUT2D eigenvalue weighted by Crippen LogP contribution is -2.53. The number of benzene rings is 4. The van der Waals surface area contributed by atoms with Crippen molar-refractivity contribution in [3.63, 3.8) is 0 Å². The summed E-state index contributed by atoms with van der Waals surface area (Å²) in [5, 5.41) is 30.6. The lowest BCUT2D eigenvalue weighted by Gasteiger charge is -2.50. The Morgan fingerprint density at radius 1 is 0.804 bits per heavy atom. The van der Waals surface area contributed by atoms with E-state index in [1.165, 1.54) is 30.2 Å². The number of phenols is 1. The Kier molecular flexibility index (Phi) is 7.90. The average Bonchev–Trinajstić information content (AvgIpc) is 3.53. The maximum atomic E-state index is 15.3. The molecule has 0 bridgehead atoms. The van der Waals surface area contributed by atoms with Gasteiger partial charge in [0.1, 0.15) is 0 Å². The fraction of sp³-hybridized carbons (Fsp3) is 0.231. The summed E-state index contributed by atoms with van der Waals surface area (Å²) < 4.78 is 5.52. The first kappa shape index (κ1) is 32.9. The van der Waals surface area contributed by atoms with Gasteiger partial charge >= 0.3 is 7.12 Å². The number of hydrogen-bond donors (Lipinski definition) is 3. The smallest absolute Gasteiger partial charge is 0.488 e. The fourth-order valence-electron chi connectivity index (χ4n) is 9.07. The number of ether oxygens (including phenoxy) is 1. The van der Waals surface area contributed by atoms with Crippen molar-refractivity contribution < 1.29 is 39.1 Å². The van der Waals surface area contributed by atoms with Gasteiger partial charge in [0, 0.05) is 10.9 Å². The van der Waals surface area contributed by atoms with Crippen LogP contribution in [-0.4, -0.2) is 53.0 Å². The zero-order valence-electron chi connectivity index (χ0n) is 27.3. The average molecular weight is 703 g/mol. The first-order chi connectivity index (χ1) is 24.6. The lowest BCUT2D eigenvalue weighted by atomic mass is 9.49. The first-order valence-corrected chi connectivity index (χ1v) is 17.1. The number of fused-ring (bicyclic) bond motifs is 4. The number of nitrogens with zero attached hydrogens (tertiary/aromatic N) is 2. The molecule has 6 atom stereocenters. The molecule has 4 aromatic carbocycles. The molecule has 0 radical (unpaired) electrons. The zero-order chi connectivity index (χ0) is 35.8. The van der Waals surface area contributed by atoms with Gasteiger partial charge in [-0.15, -0.1) is 0 Å². The van der Waals surface area contributed by atoms with Crippen LogP contribution in [0, 0.1) is 23.7 Å². The van der Waals surface area contributed by atoms with E-state index in [0.717, 1.165) is 10.5 Å². The minimum absolute atomic E-state index is 0.103. The second-order valence-electron chi connectivity index (χ2n) is 13.5. The Hall–Kier alpha value is -5.23. The number of halogens is 1. The minimum atomic E-state index is -1.80. The van der Waals surface area contributed by atoms with E-state index in [1.807, 2.05) is 36.4 Å². The van der Waals surface area contributed by atoms with Crippen LogP contribution in [0.4, 0.5) is 11.4 Å². The predicted molar refractivity (Wildman–Crippen MR) is 190 cm³/mol. The number of allylic oxidation sites excluding steroid dienone is 2. The molecule has 3 N–H and O–H groups in total. The standard InChI is InChI=1S/C39H32BClN2O8/c1-51-32-17-21(13-16-31(32)44)34-27-14-15-28-33(37(47)42(35(28)45)25-11-5-9-23(18-25)40(49)50)29(27)20-30-36(46)43(26-12-6-10-24(41)19-26)38(48)39(30,34)22-7-3-2-4-8-22/h2-14,16-19,28-30,33-34,44,49-50H,15,20H2,1H3/t28-,29+,30-,33-,34-,39+/m0/s1. The highest BCUT2D eigenvalue weighted by Gasteiger charge is 2.70. The molecule has 4 aromatic rings. The van der Waals surface area contributed by atoms with Crippen molar-refractivity contribution in [2.24, 2.45) is 23.7 Å². The van der Waals surface area contributed by atoms with Crippen LogP contribution >= 0.6 is 11.6 Å².